The van der Waals surface area contributed by atoms with E-state index in [1.54, 1.807) is 0 Å². The fourth-order valence-electron chi connectivity index (χ4n) is 8.15. The Morgan fingerprint density at radius 2 is 0.887 bits per heavy atom. The highest BCUT2D eigenvalue weighted by Crippen LogP contribution is 2.37. The smallest absolute Gasteiger partial charge is 0.164 e. The molecular formula is C49H35N3Si. The van der Waals surface area contributed by atoms with Gasteiger partial charge in [-0.15, -0.1) is 0 Å². The van der Waals surface area contributed by atoms with E-state index in [1.807, 2.05) is 6.07 Å². The summed E-state index contributed by atoms with van der Waals surface area (Å²) in [6, 6.07) is 62.9. The fraction of sp³-hybridized carbons (Fsp3) is 0.0408. The van der Waals surface area contributed by atoms with Gasteiger partial charge in [-0.05, 0) is 71.4 Å². The molecule has 1 aromatic heterocycles. The van der Waals surface area contributed by atoms with Crippen molar-refractivity contribution in [3.8, 4) is 67.5 Å². The largest absolute Gasteiger partial charge is 0.208 e. The second kappa shape index (κ2) is 12.3. The molecule has 0 atom stereocenters. The van der Waals surface area contributed by atoms with E-state index in [0.717, 1.165) is 33.4 Å². The maximum Gasteiger partial charge on any atom is 0.164 e. The minimum absolute atomic E-state index is 0.658. The van der Waals surface area contributed by atoms with E-state index in [9.17, 15) is 0 Å². The molecule has 1 aliphatic heterocycles. The van der Waals surface area contributed by atoms with Gasteiger partial charge in [0.2, 0.25) is 0 Å². The Kier molecular flexibility index (Phi) is 7.27. The zero-order valence-corrected chi connectivity index (χ0v) is 30.6. The number of nitrogens with zero attached hydrogens (tertiary/aromatic N) is 3. The summed E-state index contributed by atoms with van der Waals surface area (Å²) in [7, 11) is -1.99. The number of benzene rings is 8. The van der Waals surface area contributed by atoms with Gasteiger partial charge in [0.25, 0.3) is 0 Å². The summed E-state index contributed by atoms with van der Waals surface area (Å²) >= 11 is 0. The van der Waals surface area contributed by atoms with Crippen LogP contribution in [0, 0.1) is 0 Å². The van der Waals surface area contributed by atoms with Gasteiger partial charge in [0.15, 0.2) is 17.5 Å². The third-order valence-corrected chi connectivity index (χ3v) is 14.5. The number of hydrogen-bond acceptors (Lipinski definition) is 3. The minimum Gasteiger partial charge on any atom is -0.208 e. The lowest BCUT2D eigenvalue weighted by molar-refractivity contribution is 1.07. The number of fused-ring (bicyclic) bond motifs is 6. The predicted molar refractivity (Wildman–Crippen MR) is 224 cm³/mol. The van der Waals surface area contributed by atoms with Gasteiger partial charge in [-0.25, -0.2) is 15.0 Å². The molecule has 0 spiro atoms. The van der Waals surface area contributed by atoms with Crippen molar-refractivity contribution in [3.63, 3.8) is 0 Å². The van der Waals surface area contributed by atoms with E-state index in [1.165, 1.54) is 48.6 Å². The summed E-state index contributed by atoms with van der Waals surface area (Å²) in [4.78, 5) is 15.5. The normalized spacial score (nSPS) is 12.9. The summed E-state index contributed by atoms with van der Waals surface area (Å²) < 4.78 is 0. The van der Waals surface area contributed by atoms with Gasteiger partial charge in [0, 0.05) is 16.7 Å². The molecule has 53 heavy (non-hydrogen) atoms. The first-order valence-electron chi connectivity index (χ1n) is 18.2. The molecule has 0 N–H and O–H groups in total. The van der Waals surface area contributed by atoms with Crippen molar-refractivity contribution in [2.45, 2.75) is 13.1 Å². The van der Waals surface area contributed by atoms with Crippen LogP contribution in [0.2, 0.25) is 13.1 Å². The van der Waals surface area contributed by atoms with E-state index in [0.29, 0.717) is 17.5 Å². The predicted octanol–water partition coefficient (Wildman–Crippen LogP) is 11.3. The van der Waals surface area contributed by atoms with Crippen LogP contribution in [0.15, 0.2) is 176 Å². The topological polar surface area (TPSA) is 38.7 Å². The van der Waals surface area contributed by atoms with Crippen molar-refractivity contribution in [3.05, 3.63) is 176 Å². The first kappa shape index (κ1) is 31.3. The molecule has 2 heterocycles. The lowest BCUT2D eigenvalue weighted by Gasteiger charge is -2.19. The highest BCUT2D eigenvalue weighted by Gasteiger charge is 2.38. The molecule has 0 bridgehead atoms. The van der Waals surface area contributed by atoms with Crippen LogP contribution in [-0.2, 0) is 0 Å². The SMILES string of the molecule is C[Si]1(C)c2cc(-c3nc(-c4ccc(-c5cccc6ccccc56)cc4)nc(-c4cccc(-c5ccccc5)c4)n3)ccc2-c2c1ccc1ccccc21. The van der Waals surface area contributed by atoms with Gasteiger partial charge in [-0.2, -0.15) is 0 Å². The second-order valence-electron chi connectivity index (χ2n) is 14.5. The van der Waals surface area contributed by atoms with Crippen LogP contribution < -0.4 is 10.4 Å². The molecule has 0 saturated carbocycles. The lowest BCUT2D eigenvalue weighted by Crippen LogP contribution is -2.49. The summed E-state index contributed by atoms with van der Waals surface area (Å²) in [6.45, 7) is 4.93. The molecule has 8 aromatic carbocycles. The van der Waals surface area contributed by atoms with Crippen LogP contribution in [0.4, 0.5) is 0 Å². The third kappa shape index (κ3) is 5.30. The Morgan fingerprint density at radius 1 is 0.340 bits per heavy atom. The molecule has 9 aromatic rings. The number of rotatable bonds is 5. The zero-order chi connectivity index (χ0) is 35.5. The van der Waals surface area contributed by atoms with Crippen molar-refractivity contribution >= 4 is 40.0 Å². The highest BCUT2D eigenvalue weighted by atomic mass is 28.3. The van der Waals surface area contributed by atoms with E-state index >= 15 is 0 Å². The second-order valence-corrected chi connectivity index (χ2v) is 18.8. The lowest BCUT2D eigenvalue weighted by atomic mass is 9.97. The molecule has 0 saturated heterocycles. The van der Waals surface area contributed by atoms with Gasteiger partial charge in [0.05, 0.1) is 0 Å². The number of hydrogen-bond donors (Lipinski definition) is 0. The molecule has 0 aliphatic carbocycles. The molecule has 0 unspecified atom stereocenters. The van der Waals surface area contributed by atoms with Crippen LogP contribution in [0.1, 0.15) is 0 Å². The van der Waals surface area contributed by atoms with Crippen molar-refractivity contribution in [2.24, 2.45) is 0 Å². The maximum absolute atomic E-state index is 5.20. The third-order valence-electron chi connectivity index (χ3n) is 10.9. The maximum atomic E-state index is 5.20. The Morgan fingerprint density at radius 3 is 1.66 bits per heavy atom. The van der Waals surface area contributed by atoms with Crippen molar-refractivity contribution in [1.29, 1.82) is 0 Å². The van der Waals surface area contributed by atoms with E-state index in [2.05, 4.69) is 183 Å². The molecule has 4 heteroatoms. The summed E-state index contributed by atoms with van der Waals surface area (Å²) in [5.74, 6) is 2.00. The standard InChI is InChI=1S/C49H35N3Si/c1-53(2)44-29-27-34-15-7-9-20-42(34)46(44)43-28-26-39(31-45(43)53)49-51-47(50-48(52-49)38-18-10-17-37(30-38)32-12-4-3-5-13-32)36-24-22-35(23-25-36)41-21-11-16-33-14-6-8-19-40(33)41/h3-31H,1-2H3. The van der Waals surface area contributed by atoms with Crippen LogP contribution in [0.25, 0.3) is 89.1 Å². The quantitative estimate of drug-likeness (QED) is 0.168. The van der Waals surface area contributed by atoms with E-state index < -0.39 is 8.07 Å². The van der Waals surface area contributed by atoms with E-state index in [4.69, 9.17) is 15.0 Å². The van der Waals surface area contributed by atoms with Crippen LogP contribution in [0.5, 0.6) is 0 Å². The van der Waals surface area contributed by atoms with Gasteiger partial charge in [-0.3, -0.25) is 0 Å². The van der Waals surface area contributed by atoms with Crippen molar-refractivity contribution in [1.82, 2.24) is 15.0 Å². The van der Waals surface area contributed by atoms with Gasteiger partial charge in [-0.1, -0.05) is 183 Å². The van der Waals surface area contributed by atoms with Gasteiger partial charge >= 0.3 is 0 Å². The minimum atomic E-state index is -1.99. The number of aromatic nitrogens is 3. The Bertz CT molecular complexity index is 2850. The summed E-state index contributed by atoms with van der Waals surface area (Å²) in [6.07, 6.45) is 0. The Labute approximate surface area is 310 Å². The first-order chi connectivity index (χ1) is 26.0. The van der Waals surface area contributed by atoms with Crippen LogP contribution in [0.3, 0.4) is 0 Å². The molecular weight excluding hydrogens is 659 g/mol. The van der Waals surface area contributed by atoms with Crippen LogP contribution in [-0.4, -0.2) is 23.0 Å². The fourth-order valence-corrected chi connectivity index (χ4v) is 11.2. The molecule has 3 nitrogen and oxygen atoms in total. The van der Waals surface area contributed by atoms with Crippen molar-refractivity contribution in [2.75, 3.05) is 0 Å². The average Bonchev–Trinajstić information content (AvgIpc) is 3.46. The summed E-state index contributed by atoms with van der Waals surface area (Å²) in [5.41, 5.74) is 10.3. The van der Waals surface area contributed by atoms with Gasteiger partial charge < -0.3 is 0 Å². The Hall–Kier alpha value is -6.49. The summed E-state index contributed by atoms with van der Waals surface area (Å²) in [5, 5.41) is 8.00. The first-order valence-corrected chi connectivity index (χ1v) is 21.2. The average molecular weight is 694 g/mol. The molecule has 1 aliphatic rings. The zero-order valence-electron chi connectivity index (χ0n) is 29.6. The van der Waals surface area contributed by atoms with E-state index in [-0.39, 0.29) is 0 Å². The molecule has 0 radical (unpaired) electrons. The Balaban J connectivity index is 1.12. The monoisotopic (exact) mass is 693 g/mol. The highest BCUT2D eigenvalue weighted by molar-refractivity contribution is 7.04. The van der Waals surface area contributed by atoms with Gasteiger partial charge in [0.1, 0.15) is 8.07 Å². The molecule has 10 rings (SSSR count). The molecule has 0 fully saturated rings. The molecule has 250 valence electrons. The van der Waals surface area contributed by atoms with Crippen LogP contribution >= 0.6 is 0 Å². The van der Waals surface area contributed by atoms with Crippen molar-refractivity contribution < 1.29 is 0 Å². The molecule has 0 amide bonds.